The molecule has 17 heavy (non-hydrogen) atoms. The molecule has 0 aromatic carbocycles. The van der Waals surface area contributed by atoms with Crippen molar-refractivity contribution in [2.75, 3.05) is 25.1 Å². The van der Waals surface area contributed by atoms with Gasteiger partial charge < -0.3 is 10.1 Å². The molecule has 0 atom stereocenters. The summed E-state index contributed by atoms with van der Waals surface area (Å²) in [6, 6.07) is 1.71. The average Bonchev–Trinajstić information content (AvgIpc) is 2.33. The summed E-state index contributed by atoms with van der Waals surface area (Å²) in [4.78, 5) is 8.40. The fourth-order valence-electron chi connectivity index (χ4n) is 1.23. The molecule has 1 heterocycles. The number of hydrogen-bond acceptors (Lipinski definition) is 4. The number of nitrogens with one attached hydrogen (secondary N) is 1. The van der Waals surface area contributed by atoms with Gasteiger partial charge in [0.1, 0.15) is 16.8 Å². The van der Waals surface area contributed by atoms with Crippen molar-refractivity contribution in [2.45, 2.75) is 19.8 Å². The maximum absolute atomic E-state index is 5.88. The van der Waals surface area contributed by atoms with E-state index in [9.17, 15) is 0 Å². The van der Waals surface area contributed by atoms with Gasteiger partial charge in [0, 0.05) is 19.0 Å². The van der Waals surface area contributed by atoms with Crippen molar-refractivity contribution in [3.63, 3.8) is 0 Å². The lowest BCUT2D eigenvalue weighted by atomic mass is 10.4. The van der Waals surface area contributed by atoms with Crippen molar-refractivity contribution < 1.29 is 4.74 Å². The van der Waals surface area contributed by atoms with Crippen molar-refractivity contribution in [2.24, 2.45) is 0 Å². The van der Waals surface area contributed by atoms with Gasteiger partial charge in [-0.05, 0) is 6.42 Å². The zero-order valence-electron chi connectivity index (χ0n) is 10.1. The van der Waals surface area contributed by atoms with Gasteiger partial charge in [-0.25, -0.2) is 9.97 Å². The predicted octanol–water partition coefficient (Wildman–Crippen LogP) is 2.70. The molecule has 4 nitrogen and oxygen atoms in total. The number of aryl methyl sites for hydroxylation is 1. The molecule has 0 aliphatic carbocycles. The molecule has 0 saturated heterocycles. The number of rotatable bonds is 8. The van der Waals surface area contributed by atoms with E-state index in [2.05, 4.69) is 21.9 Å². The van der Waals surface area contributed by atoms with Gasteiger partial charge in [0.25, 0.3) is 0 Å². The first kappa shape index (κ1) is 13.9. The highest BCUT2D eigenvalue weighted by atomic mass is 35.5. The maximum atomic E-state index is 5.88. The van der Waals surface area contributed by atoms with E-state index >= 15 is 0 Å². The molecule has 0 bridgehead atoms. The SMILES string of the molecule is C=CCCOCCNc1cc(Cl)nc(CC)n1. The van der Waals surface area contributed by atoms with Crippen molar-refractivity contribution in [1.29, 1.82) is 0 Å². The number of aromatic nitrogens is 2. The van der Waals surface area contributed by atoms with E-state index in [1.807, 2.05) is 13.0 Å². The van der Waals surface area contributed by atoms with E-state index in [0.29, 0.717) is 24.9 Å². The van der Waals surface area contributed by atoms with Crippen LogP contribution in [0.15, 0.2) is 18.7 Å². The molecule has 5 heteroatoms. The van der Waals surface area contributed by atoms with Gasteiger partial charge in [-0.2, -0.15) is 0 Å². The van der Waals surface area contributed by atoms with Crippen molar-refractivity contribution in [3.8, 4) is 0 Å². The summed E-state index contributed by atoms with van der Waals surface area (Å²) in [5.41, 5.74) is 0. The highest BCUT2D eigenvalue weighted by Gasteiger charge is 2.00. The lowest BCUT2D eigenvalue weighted by molar-refractivity contribution is 0.149. The number of hydrogen-bond donors (Lipinski definition) is 1. The fourth-order valence-corrected chi connectivity index (χ4v) is 1.43. The Kier molecular flexibility index (Phi) is 6.58. The van der Waals surface area contributed by atoms with Crippen LogP contribution in [0, 0.1) is 0 Å². The molecule has 1 aromatic rings. The number of anilines is 1. The summed E-state index contributed by atoms with van der Waals surface area (Å²) in [6.45, 7) is 7.66. The minimum atomic E-state index is 0.465. The molecule has 0 aliphatic heterocycles. The molecule has 0 spiro atoms. The lowest BCUT2D eigenvalue weighted by Gasteiger charge is -2.07. The van der Waals surface area contributed by atoms with E-state index in [0.717, 1.165) is 24.5 Å². The van der Waals surface area contributed by atoms with Crippen molar-refractivity contribution in [1.82, 2.24) is 9.97 Å². The molecular weight excluding hydrogens is 238 g/mol. The number of ether oxygens (including phenoxy) is 1. The smallest absolute Gasteiger partial charge is 0.134 e. The molecular formula is C12H18ClN3O. The van der Waals surface area contributed by atoms with Crippen LogP contribution in [0.4, 0.5) is 5.82 Å². The third-order valence-corrected chi connectivity index (χ3v) is 2.27. The molecule has 1 aromatic heterocycles. The first-order chi connectivity index (χ1) is 8.26. The van der Waals surface area contributed by atoms with Gasteiger partial charge in [0.05, 0.1) is 13.2 Å². The van der Waals surface area contributed by atoms with E-state index in [1.165, 1.54) is 0 Å². The molecule has 0 aliphatic rings. The Morgan fingerprint density at radius 2 is 2.29 bits per heavy atom. The van der Waals surface area contributed by atoms with Crippen LogP contribution < -0.4 is 5.32 Å². The monoisotopic (exact) mass is 255 g/mol. The third kappa shape index (κ3) is 5.65. The Bertz CT molecular complexity index is 358. The average molecular weight is 256 g/mol. The normalized spacial score (nSPS) is 10.2. The summed E-state index contributed by atoms with van der Waals surface area (Å²) >= 11 is 5.88. The zero-order valence-corrected chi connectivity index (χ0v) is 10.8. The Balaban J connectivity index is 2.31. The van der Waals surface area contributed by atoms with Crippen molar-refractivity contribution in [3.05, 3.63) is 29.7 Å². The van der Waals surface area contributed by atoms with E-state index in [-0.39, 0.29) is 0 Å². The Hall–Kier alpha value is -1.13. The summed E-state index contributed by atoms with van der Waals surface area (Å²) in [6.07, 6.45) is 3.48. The topological polar surface area (TPSA) is 47.0 Å². The minimum absolute atomic E-state index is 0.465. The molecule has 0 saturated carbocycles. The van der Waals surface area contributed by atoms with Gasteiger partial charge in [-0.1, -0.05) is 24.6 Å². The van der Waals surface area contributed by atoms with Crippen molar-refractivity contribution >= 4 is 17.4 Å². The third-order valence-electron chi connectivity index (χ3n) is 2.08. The molecule has 0 amide bonds. The fraction of sp³-hybridized carbons (Fsp3) is 0.500. The van der Waals surface area contributed by atoms with E-state index < -0.39 is 0 Å². The second-order valence-corrected chi connectivity index (χ2v) is 3.85. The lowest BCUT2D eigenvalue weighted by Crippen LogP contribution is -2.11. The van der Waals surface area contributed by atoms with Crippen LogP contribution >= 0.6 is 11.6 Å². The second kappa shape index (κ2) is 8.03. The van der Waals surface area contributed by atoms with Gasteiger partial charge in [-0.3, -0.25) is 0 Å². The second-order valence-electron chi connectivity index (χ2n) is 3.46. The van der Waals surface area contributed by atoms with Gasteiger partial charge in [0.2, 0.25) is 0 Å². The summed E-state index contributed by atoms with van der Waals surface area (Å²) in [5, 5.41) is 3.62. The summed E-state index contributed by atoms with van der Waals surface area (Å²) < 4.78 is 5.37. The molecule has 0 radical (unpaired) electrons. The highest BCUT2D eigenvalue weighted by Crippen LogP contribution is 2.11. The Labute approximate surface area is 107 Å². The molecule has 94 valence electrons. The first-order valence-electron chi connectivity index (χ1n) is 5.72. The van der Waals surface area contributed by atoms with Gasteiger partial charge in [-0.15, -0.1) is 6.58 Å². The van der Waals surface area contributed by atoms with Crippen LogP contribution in [0.3, 0.4) is 0 Å². The quantitative estimate of drug-likeness (QED) is 0.441. The Morgan fingerprint density at radius 3 is 3.00 bits per heavy atom. The molecule has 0 unspecified atom stereocenters. The van der Waals surface area contributed by atoms with Gasteiger partial charge >= 0.3 is 0 Å². The highest BCUT2D eigenvalue weighted by molar-refractivity contribution is 6.29. The standard InChI is InChI=1S/C12H18ClN3O/c1-3-5-7-17-8-6-14-12-9-10(13)15-11(4-2)16-12/h3,9H,1,4-8H2,2H3,(H,14,15,16). The minimum Gasteiger partial charge on any atom is -0.379 e. The molecule has 1 N–H and O–H groups in total. The maximum Gasteiger partial charge on any atom is 0.134 e. The number of nitrogens with zero attached hydrogens (tertiary/aromatic N) is 2. The number of halogens is 1. The van der Waals surface area contributed by atoms with Crippen LogP contribution in [0.1, 0.15) is 19.2 Å². The summed E-state index contributed by atoms with van der Waals surface area (Å²) in [5.74, 6) is 1.49. The van der Waals surface area contributed by atoms with E-state index in [4.69, 9.17) is 16.3 Å². The van der Waals surface area contributed by atoms with Crippen LogP contribution in [0.5, 0.6) is 0 Å². The zero-order chi connectivity index (χ0) is 12.5. The van der Waals surface area contributed by atoms with E-state index in [1.54, 1.807) is 6.07 Å². The first-order valence-corrected chi connectivity index (χ1v) is 6.10. The summed E-state index contributed by atoms with van der Waals surface area (Å²) in [7, 11) is 0. The van der Waals surface area contributed by atoms with Crippen LogP contribution in [0.2, 0.25) is 5.15 Å². The van der Waals surface area contributed by atoms with Gasteiger partial charge in [0.15, 0.2) is 0 Å². The molecule has 1 rings (SSSR count). The van der Waals surface area contributed by atoms with Crippen LogP contribution in [0.25, 0.3) is 0 Å². The molecule has 0 fully saturated rings. The Morgan fingerprint density at radius 1 is 1.47 bits per heavy atom. The van der Waals surface area contributed by atoms with Crippen LogP contribution in [-0.2, 0) is 11.2 Å². The largest absolute Gasteiger partial charge is 0.379 e. The predicted molar refractivity (Wildman–Crippen MR) is 70.5 cm³/mol. The van der Waals surface area contributed by atoms with Crippen LogP contribution in [-0.4, -0.2) is 29.7 Å².